The molecule has 0 spiro atoms. The summed E-state index contributed by atoms with van der Waals surface area (Å²) in [5.74, 6) is 0.110. The average molecular weight is 258 g/mol. The van der Waals surface area contributed by atoms with E-state index in [0.29, 0.717) is 13.2 Å². The standard InChI is InChI=1S/C9H20ClNO3S/c1-8(2)11(5-6-14-4)15(12,13)9(3)7-10/h8-9H,5-7H2,1-4H3. The number of alkyl halides is 1. The van der Waals surface area contributed by atoms with Crippen molar-refractivity contribution in [3.8, 4) is 0 Å². The van der Waals surface area contributed by atoms with E-state index in [9.17, 15) is 8.42 Å². The molecule has 0 aromatic heterocycles. The first kappa shape index (κ1) is 15.2. The van der Waals surface area contributed by atoms with Gasteiger partial charge in [0.1, 0.15) is 0 Å². The Balaban J connectivity index is 4.75. The van der Waals surface area contributed by atoms with Gasteiger partial charge in [0.25, 0.3) is 0 Å². The normalized spacial score (nSPS) is 14.9. The van der Waals surface area contributed by atoms with Crippen LogP contribution in [-0.2, 0) is 14.8 Å². The summed E-state index contributed by atoms with van der Waals surface area (Å²) in [6.07, 6.45) is 0. The van der Waals surface area contributed by atoms with E-state index in [-0.39, 0.29) is 11.9 Å². The fourth-order valence-corrected chi connectivity index (χ4v) is 3.19. The van der Waals surface area contributed by atoms with Crippen LogP contribution in [0.1, 0.15) is 20.8 Å². The number of rotatable bonds is 7. The SMILES string of the molecule is COCCN(C(C)C)S(=O)(=O)C(C)CCl. The van der Waals surface area contributed by atoms with Crippen LogP contribution in [0, 0.1) is 0 Å². The van der Waals surface area contributed by atoms with E-state index in [0.717, 1.165) is 0 Å². The van der Waals surface area contributed by atoms with Crippen LogP contribution in [0.25, 0.3) is 0 Å². The molecule has 0 heterocycles. The maximum atomic E-state index is 12.0. The average Bonchev–Trinajstić information content (AvgIpc) is 2.16. The third-order valence-corrected chi connectivity index (χ3v) is 5.23. The quantitative estimate of drug-likeness (QED) is 0.646. The molecule has 0 N–H and O–H groups in total. The molecule has 0 radical (unpaired) electrons. The Morgan fingerprint density at radius 2 is 1.87 bits per heavy atom. The monoisotopic (exact) mass is 257 g/mol. The Labute approximate surface area is 97.6 Å². The predicted octanol–water partition coefficient (Wildman–Crippen LogP) is 1.30. The molecular formula is C9H20ClNO3S. The molecule has 0 saturated carbocycles. The molecule has 1 unspecified atom stereocenters. The molecule has 0 saturated heterocycles. The topological polar surface area (TPSA) is 46.6 Å². The Hall–Kier alpha value is 0.160. The van der Waals surface area contributed by atoms with Crippen molar-refractivity contribution in [2.45, 2.75) is 32.1 Å². The van der Waals surface area contributed by atoms with Gasteiger partial charge in [-0.05, 0) is 20.8 Å². The summed E-state index contributed by atoms with van der Waals surface area (Å²) in [4.78, 5) is 0. The van der Waals surface area contributed by atoms with Crippen molar-refractivity contribution >= 4 is 21.6 Å². The fraction of sp³-hybridized carbons (Fsp3) is 1.00. The van der Waals surface area contributed by atoms with Crippen LogP contribution in [0.5, 0.6) is 0 Å². The van der Waals surface area contributed by atoms with Crippen LogP contribution in [0.2, 0.25) is 0 Å². The van der Waals surface area contributed by atoms with Crippen molar-refractivity contribution < 1.29 is 13.2 Å². The third kappa shape index (κ3) is 4.26. The van der Waals surface area contributed by atoms with Crippen molar-refractivity contribution in [3.05, 3.63) is 0 Å². The van der Waals surface area contributed by atoms with Gasteiger partial charge in [-0.3, -0.25) is 0 Å². The zero-order valence-electron chi connectivity index (χ0n) is 9.73. The highest BCUT2D eigenvalue weighted by Crippen LogP contribution is 2.13. The zero-order valence-corrected chi connectivity index (χ0v) is 11.3. The van der Waals surface area contributed by atoms with Crippen LogP contribution in [0.3, 0.4) is 0 Å². The second-order valence-corrected chi connectivity index (χ2v) is 6.32. The highest BCUT2D eigenvalue weighted by Gasteiger charge is 2.29. The summed E-state index contributed by atoms with van der Waals surface area (Å²) < 4.78 is 30.3. The van der Waals surface area contributed by atoms with Crippen molar-refractivity contribution in [2.24, 2.45) is 0 Å². The molecule has 15 heavy (non-hydrogen) atoms. The van der Waals surface area contributed by atoms with Gasteiger partial charge in [-0.15, -0.1) is 11.6 Å². The van der Waals surface area contributed by atoms with Gasteiger partial charge < -0.3 is 4.74 Å². The number of methoxy groups -OCH3 is 1. The summed E-state index contributed by atoms with van der Waals surface area (Å²) in [6.45, 7) is 6.07. The maximum Gasteiger partial charge on any atom is 0.218 e. The van der Waals surface area contributed by atoms with Crippen LogP contribution >= 0.6 is 11.6 Å². The second kappa shape index (κ2) is 6.68. The van der Waals surface area contributed by atoms with Gasteiger partial charge in [-0.1, -0.05) is 0 Å². The number of sulfonamides is 1. The van der Waals surface area contributed by atoms with Crippen LogP contribution in [-0.4, -0.2) is 50.2 Å². The lowest BCUT2D eigenvalue weighted by molar-refractivity contribution is 0.170. The Morgan fingerprint density at radius 1 is 1.33 bits per heavy atom. The highest BCUT2D eigenvalue weighted by atomic mass is 35.5. The van der Waals surface area contributed by atoms with E-state index in [1.807, 2.05) is 13.8 Å². The molecule has 0 aromatic rings. The molecule has 0 amide bonds. The molecule has 0 aliphatic heterocycles. The summed E-state index contributed by atoms with van der Waals surface area (Å²) in [5, 5.41) is -0.557. The first-order chi connectivity index (χ1) is 6.87. The molecule has 6 heteroatoms. The van der Waals surface area contributed by atoms with Crippen LogP contribution in [0.4, 0.5) is 0 Å². The number of hydrogen-bond acceptors (Lipinski definition) is 3. The first-order valence-electron chi connectivity index (χ1n) is 4.93. The highest BCUT2D eigenvalue weighted by molar-refractivity contribution is 7.89. The molecule has 0 aliphatic carbocycles. The molecule has 4 nitrogen and oxygen atoms in total. The van der Waals surface area contributed by atoms with Gasteiger partial charge in [0.15, 0.2) is 0 Å². The van der Waals surface area contributed by atoms with E-state index < -0.39 is 15.3 Å². The lowest BCUT2D eigenvalue weighted by Gasteiger charge is -2.28. The second-order valence-electron chi connectivity index (χ2n) is 3.71. The van der Waals surface area contributed by atoms with E-state index in [4.69, 9.17) is 16.3 Å². The Kier molecular flexibility index (Phi) is 6.75. The largest absolute Gasteiger partial charge is 0.383 e. The van der Waals surface area contributed by atoms with Crippen LogP contribution in [0.15, 0.2) is 0 Å². The molecular weight excluding hydrogens is 238 g/mol. The van der Waals surface area contributed by atoms with Crippen molar-refractivity contribution in [2.75, 3.05) is 26.1 Å². The molecule has 0 fully saturated rings. The summed E-state index contributed by atoms with van der Waals surface area (Å²) in [7, 11) is -1.75. The minimum absolute atomic E-state index is 0.0733. The lowest BCUT2D eigenvalue weighted by atomic mass is 10.4. The molecule has 0 rings (SSSR count). The van der Waals surface area contributed by atoms with Crippen molar-refractivity contribution in [1.82, 2.24) is 4.31 Å². The summed E-state index contributed by atoms with van der Waals surface area (Å²) in [6, 6.07) is -0.0733. The fourth-order valence-electron chi connectivity index (χ4n) is 1.17. The van der Waals surface area contributed by atoms with Gasteiger partial charge >= 0.3 is 0 Å². The predicted molar refractivity (Wildman–Crippen MR) is 62.8 cm³/mol. The summed E-state index contributed by atoms with van der Waals surface area (Å²) >= 11 is 5.58. The van der Waals surface area contributed by atoms with Gasteiger partial charge in [0, 0.05) is 25.6 Å². The maximum absolute atomic E-state index is 12.0. The molecule has 1 atom stereocenters. The van der Waals surface area contributed by atoms with E-state index in [1.54, 1.807) is 14.0 Å². The zero-order chi connectivity index (χ0) is 12.1. The molecule has 0 aromatic carbocycles. The number of hydrogen-bond donors (Lipinski definition) is 0. The molecule has 0 aliphatic rings. The Morgan fingerprint density at radius 3 is 2.20 bits per heavy atom. The van der Waals surface area contributed by atoms with Gasteiger partial charge in [-0.2, -0.15) is 4.31 Å². The van der Waals surface area contributed by atoms with Gasteiger partial charge in [-0.25, -0.2) is 8.42 Å². The van der Waals surface area contributed by atoms with E-state index >= 15 is 0 Å². The molecule has 92 valence electrons. The smallest absolute Gasteiger partial charge is 0.218 e. The number of halogens is 1. The minimum atomic E-state index is -3.30. The van der Waals surface area contributed by atoms with E-state index in [1.165, 1.54) is 4.31 Å². The summed E-state index contributed by atoms with van der Waals surface area (Å²) in [5.41, 5.74) is 0. The number of nitrogens with zero attached hydrogens (tertiary/aromatic N) is 1. The van der Waals surface area contributed by atoms with Crippen LogP contribution < -0.4 is 0 Å². The lowest BCUT2D eigenvalue weighted by Crippen LogP contribution is -2.44. The number of ether oxygens (including phenoxy) is 1. The molecule has 0 bridgehead atoms. The third-order valence-electron chi connectivity index (χ3n) is 2.14. The van der Waals surface area contributed by atoms with Crippen molar-refractivity contribution in [1.29, 1.82) is 0 Å². The van der Waals surface area contributed by atoms with E-state index in [2.05, 4.69) is 0 Å². The van der Waals surface area contributed by atoms with Gasteiger partial charge in [0.05, 0.1) is 11.9 Å². The Bertz CT molecular complexity index is 267. The minimum Gasteiger partial charge on any atom is -0.383 e. The first-order valence-corrected chi connectivity index (χ1v) is 6.97. The van der Waals surface area contributed by atoms with Crippen molar-refractivity contribution in [3.63, 3.8) is 0 Å². The van der Waals surface area contributed by atoms with Gasteiger partial charge in [0.2, 0.25) is 10.0 Å².